The lowest BCUT2D eigenvalue weighted by molar-refractivity contribution is -0.132. The van der Waals surface area contributed by atoms with Crippen molar-refractivity contribution in [3.63, 3.8) is 0 Å². The summed E-state index contributed by atoms with van der Waals surface area (Å²) in [5.74, 6) is -2.03. The van der Waals surface area contributed by atoms with Crippen LogP contribution in [0, 0.1) is 13.8 Å². The fraction of sp³-hybridized carbons (Fsp3) is 0.233. The van der Waals surface area contributed by atoms with Crippen molar-refractivity contribution >= 4 is 45.5 Å². The molecule has 3 aromatic heterocycles. The second-order valence-electron chi connectivity index (χ2n) is 9.29. The molecule has 1 aromatic carbocycles. The molecule has 0 radical (unpaired) electrons. The average molecular weight is 589 g/mol. The highest BCUT2D eigenvalue weighted by molar-refractivity contribution is 7.17. The molecule has 0 aliphatic carbocycles. The number of nitrogens with zero attached hydrogens (tertiary/aromatic N) is 4. The summed E-state index contributed by atoms with van der Waals surface area (Å²) in [5, 5.41) is 11.8. The number of thiazole rings is 1. The number of Topliss-reactive ketones (excluding diaryl/α,β-unsaturated/α-hetero) is 1. The Balaban J connectivity index is 1.74. The number of ether oxygens (including phenoxy) is 3. The molecule has 1 fully saturated rings. The highest BCUT2D eigenvalue weighted by Gasteiger charge is 2.49. The van der Waals surface area contributed by atoms with Gasteiger partial charge in [-0.2, -0.15) is 0 Å². The maximum atomic E-state index is 13.7. The maximum absolute atomic E-state index is 13.7. The number of pyridine rings is 1. The van der Waals surface area contributed by atoms with Crippen LogP contribution >= 0.6 is 11.3 Å². The number of carbonyl (C=O) groups is 3. The van der Waals surface area contributed by atoms with E-state index >= 15 is 0 Å². The molecule has 1 saturated heterocycles. The third kappa shape index (κ3) is 4.79. The van der Waals surface area contributed by atoms with Gasteiger partial charge in [-0.3, -0.25) is 18.9 Å². The summed E-state index contributed by atoms with van der Waals surface area (Å²) in [4.78, 5) is 50.4. The van der Waals surface area contributed by atoms with E-state index in [1.165, 1.54) is 18.1 Å². The minimum absolute atomic E-state index is 0.000647. The minimum atomic E-state index is -1.12. The van der Waals surface area contributed by atoms with Gasteiger partial charge in [0.05, 0.1) is 36.7 Å². The fourth-order valence-electron chi connectivity index (χ4n) is 4.88. The van der Waals surface area contributed by atoms with Crippen LogP contribution < -0.4 is 14.4 Å². The third-order valence-electron chi connectivity index (χ3n) is 6.69. The van der Waals surface area contributed by atoms with E-state index in [9.17, 15) is 19.5 Å². The number of ketones is 1. The number of hydrogen-bond donors (Lipinski definition) is 1. The molecule has 4 aromatic rings. The van der Waals surface area contributed by atoms with E-state index in [4.69, 9.17) is 14.2 Å². The van der Waals surface area contributed by atoms with Gasteiger partial charge >= 0.3 is 11.9 Å². The van der Waals surface area contributed by atoms with Gasteiger partial charge in [0.25, 0.3) is 5.78 Å². The zero-order valence-electron chi connectivity index (χ0n) is 23.4. The van der Waals surface area contributed by atoms with Gasteiger partial charge in [-0.25, -0.2) is 14.8 Å². The Bertz CT molecular complexity index is 1770. The summed E-state index contributed by atoms with van der Waals surface area (Å²) in [6, 6.07) is 9.22. The number of rotatable bonds is 9. The molecular formula is C30H28N4O7S. The molecule has 1 atom stereocenters. The minimum Gasteiger partial charge on any atom is -0.505 e. The molecule has 11 nitrogen and oxygen atoms in total. The number of aryl methyl sites for hydroxylation is 2. The predicted octanol–water partition coefficient (Wildman–Crippen LogP) is 4.78. The quantitative estimate of drug-likeness (QED) is 0.0964. The fourth-order valence-corrected chi connectivity index (χ4v) is 5.86. The molecule has 12 heteroatoms. The summed E-state index contributed by atoms with van der Waals surface area (Å²) in [6.07, 6.45) is 3.15. The number of esters is 1. The van der Waals surface area contributed by atoms with Gasteiger partial charge in [0.15, 0.2) is 22.4 Å². The second-order valence-corrected chi connectivity index (χ2v) is 10.3. The van der Waals surface area contributed by atoms with Crippen LogP contribution in [0.5, 0.6) is 11.5 Å². The topological polar surface area (TPSA) is 133 Å². The van der Waals surface area contributed by atoms with Crippen LogP contribution in [0.1, 0.15) is 45.3 Å². The highest BCUT2D eigenvalue weighted by Crippen LogP contribution is 2.45. The van der Waals surface area contributed by atoms with Gasteiger partial charge in [0.2, 0.25) is 0 Å². The van der Waals surface area contributed by atoms with Crippen molar-refractivity contribution in [3.8, 4) is 11.5 Å². The van der Waals surface area contributed by atoms with E-state index < -0.39 is 29.5 Å². The van der Waals surface area contributed by atoms with E-state index in [2.05, 4.69) is 16.5 Å². The van der Waals surface area contributed by atoms with Crippen LogP contribution in [-0.2, 0) is 14.3 Å². The van der Waals surface area contributed by atoms with Crippen molar-refractivity contribution in [1.29, 1.82) is 0 Å². The summed E-state index contributed by atoms with van der Waals surface area (Å²) >= 11 is 0.913. The number of imidazole rings is 1. The summed E-state index contributed by atoms with van der Waals surface area (Å²) in [6.45, 7) is 9.09. The van der Waals surface area contributed by atoms with Gasteiger partial charge in [-0.1, -0.05) is 36.1 Å². The van der Waals surface area contributed by atoms with Crippen molar-refractivity contribution < 1.29 is 33.7 Å². The number of fused-ring (bicyclic) bond motifs is 1. The van der Waals surface area contributed by atoms with E-state index in [0.717, 1.165) is 11.3 Å². The normalized spacial score (nSPS) is 16.2. The molecule has 42 heavy (non-hydrogen) atoms. The maximum Gasteiger partial charge on any atom is 0.350 e. The van der Waals surface area contributed by atoms with Crippen molar-refractivity contribution in [1.82, 2.24) is 14.4 Å². The number of aliphatic hydroxyl groups is 1. The Hall–Kier alpha value is -4.97. The Morgan fingerprint density at radius 2 is 1.93 bits per heavy atom. The van der Waals surface area contributed by atoms with Crippen LogP contribution in [0.15, 0.2) is 60.8 Å². The first-order valence-electron chi connectivity index (χ1n) is 13.0. The lowest BCUT2D eigenvalue weighted by Gasteiger charge is -2.24. The Labute approximate surface area is 245 Å². The molecular weight excluding hydrogens is 560 g/mol. The molecule has 1 aliphatic heterocycles. The lowest BCUT2D eigenvalue weighted by Crippen LogP contribution is -2.29. The molecule has 216 valence electrons. The number of anilines is 1. The molecule has 0 spiro atoms. The van der Waals surface area contributed by atoms with Gasteiger partial charge < -0.3 is 19.3 Å². The van der Waals surface area contributed by atoms with Crippen molar-refractivity contribution in [2.24, 2.45) is 0 Å². The van der Waals surface area contributed by atoms with Gasteiger partial charge in [0.1, 0.15) is 22.8 Å². The smallest absolute Gasteiger partial charge is 0.350 e. The highest BCUT2D eigenvalue weighted by atomic mass is 32.1. The van der Waals surface area contributed by atoms with Crippen LogP contribution in [-0.4, -0.2) is 57.5 Å². The van der Waals surface area contributed by atoms with Crippen molar-refractivity contribution in [2.75, 3.05) is 25.2 Å². The van der Waals surface area contributed by atoms with Crippen LogP contribution in [0.3, 0.4) is 0 Å². The molecule has 0 bridgehead atoms. The molecule has 1 N–H and O–H groups in total. The Morgan fingerprint density at radius 3 is 2.64 bits per heavy atom. The standard InChI is InChI=1S/C30H28N4O7S/c1-6-14-41-29(38)27-17(4)32-30(42-27)34-24(18-11-12-19(40-7-2)20(15-18)39-5)22(26(36)28(34)37)25(35)23-16(3)31-21-10-8-9-13-33(21)23/h6,8-13,15,24,35H,1,7,14H2,2-5H3/b25-22+. The van der Waals surface area contributed by atoms with Crippen LogP contribution in [0.25, 0.3) is 11.4 Å². The number of amides is 1. The lowest BCUT2D eigenvalue weighted by atomic mass is 9.96. The Kier molecular flexibility index (Phi) is 7.81. The average Bonchev–Trinajstić information content (AvgIpc) is 3.61. The molecule has 5 rings (SSSR count). The molecule has 1 unspecified atom stereocenters. The number of benzene rings is 1. The monoisotopic (exact) mass is 588 g/mol. The van der Waals surface area contributed by atoms with Crippen molar-refractivity contribution in [3.05, 3.63) is 88.3 Å². The zero-order chi connectivity index (χ0) is 30.1. The summed E-state index contributed by atoms with van der Waals surface area (Å²) < 4.78 is 18.0. The van der Waals surface area contributed by atoms with E-state index in [0.29, 0.717) is 40.7 Å². The third-order valence-corrected chi connectivity index (χ3v) is 7.82. The Morgan fingerprint density at radius 1 is 1.14 bits per heavy atom. The number of aliphatic hydroxyl groups excluding tert-OH is 1. The van der Waals surface area contributed by atoms with Crippen molar-refractivity contribution in [2.45, 2.75) is 26.8 Å². The van der Waals surface area contributed by atoms with Crippen LogP contribution in [0.2, 0.25) is 0 Å². The van der Waals surface area contributed by atoms with E-state index in [1.54, 1.807) is 60.8 Å². The predicted molar refractivity (Wildman–Crippen MR) is 156 cm³/mol. The number of hydrogen-bond acceptors (Lipinski definition) is 10. The molecule has 1 amide bonds. The largest absolute Gasteiger partial charge is 0.505 e. The SMILES string of the molecule is C=CCOC(=O)c1sc(N2C(=O)C(=O)/C(=C(/O)c3c(C)nc4ccccn34)C2c2ccc(OCC)c(OC)c2)nc1C. The van der Waals surface area contributed by atoms with E-state index in [1.807, 2.05) is 6.92 Å². The summed E-state index contributed by atoms with van der Waals surface area (Å²) in [7, 11) is 1.48. The second kappa shape index (κ2) is 11.5. The first-order valence-corrected chi connectivity index (χ1v) is 13.8. The number of aromatic nitrogens is 3. The van der Waals surface area contributed by atoms with E-state index in [-0.39, 0.29) is 27.9 Å². The molecule has 4 heterocycles. The first kappa shape index (κ1) is 28.6. The molecule has 1 aliphatic rings. The number of methoxy groups -OCH3 is 1. The van der Waals surface area contributed by atoms with Gasteiger partial charge in [0, 0.05) is 6.20 Å². The zero-order valence-corrected chi connectivity index (χ0v) is 24.2. The van der Waals surface area contributed by atoms with Gasteiger partial charge in [-0.15, -0.1) is 0 Å². The molecule has 0 saturated carbocycles. The van der Waals surface area contributed by atoms with Crippen LogP contribution in [0.4, 0.5) is 5.13 Å². The number of carbonyl (C=O) groups excluding carboxylic acids is 3. The van der Waals surface area contributed by atoms with Gasteiger partial charge in [-0.05, 0) is 50.6 Å². The first-order chi connectivity index (χ1) is 20.2. The summed E-state index contributed by atoms with van der Waals surface area (Å²) in [5.41, 5.74) is 1.91.